The summed E-state index contributed by atoms with van der Waals surface area (Å²) in [7, 11) is 0. The molecule has 0 spiro atoms. The van der Waals surface area contributed by atoms with Gasteiger partial charge >= 0.3 is 0 Å². The van der Waals surface area contributed by atoms with Crippen molar-refractivity contribution in [2.45, 2.75) is 66.0 Å². The first-order valence-corrected chi connectivity index (χ1v) is 7.52. The van der Waals surface area contributed by atoms with Gasteiger partial charge in [0, 0.05) is 18.6 Å². The van der Waals surface area contributed by atoms with E-state index in [-0.39, 0.29) is 0 Å². The van der Waals surface area contributed by atoms with Crippen LogP contribution in [-0.2, 0) is 0 Å². The molecular weight excluding hydrogens is 208 g/mol. The second-order valence-electron chi connectivity index (χ2n) is 6.22. The fourth-order valence-corrected chi connectivity index (χ4v) is 2.33. The van der Waals surface area contributed by atoms with Crippen LogP contribution in [0.5, 0.6) is 0 Å². The molecule has 1 saturated carbocycles. The molecule has 1 N–H and O–H groups in total. The van der Waals surface area contributed by atoms with Crippen LogP contribution >= 0.6 is 0 Å². The van der Waals surface area contributed by atoms with Gasteiger partial charge in [0.15, 0.2) is 0 Å². The lowest BCUT2D eigenvalue weighted by atomic mass is 10.0. The van der Waals surface area contributed by atoms with Crippen LogP contribution in [0.2, 0.25) is 0 Å². The average Bonchev–Trinajstić information content (AvgIpc) is 3.08. The molecule has 2 atom stereocenters. The first-order chi connectivity index (χ1) is 8.04. The van der Waals surface area contributed by atoms with Gasteiger partial charge in [0.2, 0.25) is 0 Å². The van der Waals surface area contributed by atoms with Crippen molar-refractivity contribution in [2.75, 3.05) is 19.6 Å². The third kappa shape index (κ3) is 5.87. The smallest absolute Gasteiger partial charge is 0.0105 e. The molecule has 0 heterocycles. The first-order valence-electron chi connectivity index (χ1n) is 7.52. The molecule has 2 heteroatoms. The minimum Gasteiger partial charge on any atom is -0.314 e. The van der Waals surface area contributed by atoms with Crippen molar-refractivity contribution in [1.29, 1.82) is 0 Å². The van der Waals surface area contributed by atoms with Crippen molar-refractivity contribution < 1.29 is 0 Å². The van der Waals surface area contributed by atoms with Gasteiger partial charge in [-0.05, 0) is 51.1 Å². The highest BCUT2D eigenvalue weighted by Gasteiger charge is 2.27. The molecule has 2 unspecified atom stereocenters. The maximum Gasteiger partial charge on any atom is 0.0105 e. The van der Waals surface area contributed by atoms with Crippen LogP contribution in [0.4, 0.5) is 0 Å². The minimum absolute atomic E-state index is 0.604. The summed E-state index contributed by atoms with van der Waals surface area (Å²) in [4.78, 5) is 2.71. The van der Waals surface area contributed by atoms with Crippen LogP contribution < -0.4 is 5.32 Å². The molecule has 0 radical (unpaired) electrons. The summed E-state index contributed by atoms with van der Waals surface area (Å²) in [5.41, 5.74) is 0. The Bertz CT molecular complexity index is 199. The molecule has 0 aromatic rings. The Morgan fingerprint density at radius 3 is 2.29 bits per heavy atom. The van der Waals surface area contributed by atoms with E-state index in [4.69, 9.17) is 0 Å². The molecule has 1 aliphatic carbocycles. The quantitative estimate of drug-likeness (QED) is 0.666. The lowest BCUT2D eigenvalue weighted by molar-refractivity contribution is 0.152. The lowest BCUT2D eigenvalue weighted by Gasteiger charge is -2.33. The van der Waals surface area contributed by atoms with E-state index in [1.807, 2.05) is 0 Å². The normalized spacial score (nSPS) is 19.9. The van der Waals surface area contributed by atoms with E-state index in [9.17, 15) is 0 Å². The highest BCUT2D eigenvalue weighted by molar-refractivity contribution is 4.82. The Balaban J connectivity index is 2.35. The average molecular weight is 240 g/mol. The third-order valence-electron chi connectivity index (χ3n) is 3.95. The zero-order valence-electron chi connectivity index (χ0n) is 12.5. The second kappa shape index (κ2) is 7.38. The van der Waals surface area contributed by atoms with E-state index in [1.165, 1.54) is 32.4 Å². The number of nitrogens with one attached hydrogen (secondary N) is 1. The fraction of sp³-hybridized carbons (Fsp3) is 1.00. The number of hydrogen-bond donors (Lipinski definition) is 1. The molecule has 2 nitrogen and oxygen atoms in total. The molecule has 17 heavy (non-hydrogen) atoms. The predicted molar refractivity (Wildman–Crippen MR) is 76.4 cm³/mol. The monoisotopic (exact) mass is 240 g/mol. The van der Waals surface area contributed by atoms with Crippen molar-refractivity contribution in [3.05, 3.63) is 0 Å². The Labute approximate surface area is 108 Å². The summed E-state index contributed by atoms with van der Waals surface area (Å²) in [6.45, 7) is 15.3. The predicted octanol–water partition coefficient (Wildman–Crippen LogP) is 3.13. The molecular formula is C15H32N2. The van der Waals surface area contributed by atoms with Crippen molar-refractivity contribution in [3.63, 3.8) is 0 Å². The van der Waals surface area contributed by atoms with E-state index >= 15 is 0 Å². The minimum atomic E-state index is 0.604. The van der Waals surface area contributed by atoms with Crippen molar-refractivity contribution in [1.82, 2.24) is 10.2 Å². The van der Waals surface area contributed by atoms with Crippen LogP contribution in [0.15, 0.2) is 0 Å². The molecule has 1 fully saturated rings. The summed E-state index contributed by atoms with van der Waals surface area (Å²) >= 11 is 0. The summed E-state index contributed by atoms with van der Waals surface area (Å²) in [6, 6.07) is 1.31. The SMILES string of the molecule is CCCN(CC1CC1)C(C)C(C)CNC(C)C. The molecule has 102 valence electrons. The molecule has 0 bridgehead atoms. The lowest BCUT2D eigenvalue weighted by Crippen LogP contribution is -2.43. The van der Waals surface area contributed by atoms with Crippen molar-refractivity contribution >= 4 is 0 Å². The van der Waals surface area contributed by atoms with Gasteiger partial charge in [-0.1, -0.05) is 27.7 Å². The van der Waals surface area contributed by atoms with Gasteiger partial charge in [-0.15, -0.1) is 0 Å². The van der Waals surface area contributed by atoms with Crippen LogP contribution in [-0.4, -0.2) is 36.6 Å². The summed E-state index contributed by atoms with van der Waals surface area (Å²) < 4.78 is 0. The van der Waals surface area contributed by atoms with E-state index in [1.54, 1.807) is 0 Å². The van der Waals surface area contributed by atoms with Gasteiger partial charge in [-0.25, -0.2) is 0 Å². The number of rotatable bonds is 9. The van der Waals surface area contributed by atoms with Gasteiger partial charge < -0.3 is 10.2 Å². The van der Waals surface area contributed by atoms with E-state index in [0.717, 1.165) is 18.4 Å². The van der Waals surface area contributed by atoms with E-state index in [2.05, 4.69) is 44.8 Å². The summed E-state index contributed by atoms with van der Waals surface area (Å²) in [5, 5.41) is 3.57. The Morgan fingerprint density at radius 1 is 1.18 bits per heavy atom. The Hall–Kier alpha value is -0.0800. The van der Waals surface area contributed by atoms with Gasteiger partial charge in [0.25, 0.3) is 0 Å². The Morgan fingerprint density at radius 2 is 1.82 bits per heavy atom. The highest BCUT2D eigenvalue weighted by Crippen LogP contribution is 2.31. The van der Waals surface area contributed by atoms with Crippen molar-refractivity contribution in [3.8, 4) is 0 Å². The maximum atomic E-state index is 3.57. The zero-order chi connectivity index (χ0) is 12.8. The van der Waals surface area contributed by atoms with Crippen LogP contribution in [0, 0.1) is 11.8 Å². The largest absolute Gasteiger partial charge is 0.314 e. The number of hydrogen-bond acceptors (Lipinski definition) is 2. The second-order valence-corrected chi connectivity index (χ2v) is 6.22. The topological polar surface area (TPSA) is 15.3 Å². The highest BCUT2D eigenvalue weighted by atomic mass is 15.2. The first kappa shape index (κ1) is 15.0. The van der Waals surface area contributed by atoms with Gasteiger partial charge in [-0.3, -0.25) is 0 Å². The standard InChI is InChI=1S/C15H32N2/c1-6-9-17(11-15-7-8-15)14(5)13(4)10-16-12(2)3/h12-16H,6-11H2,1-5H3. The molecule has 1 rings (SSSR count). The third-order valence-corrected chi connectivity index (χ3v) is 3.95. The van der Waals surface area contributed by atoms with Gasteiger partial charge in [0.1, 0.15) is 0 Å². The van der Waals surface area contributed by atoms with Crippen molar-refractivity contribution in [2.24, 2.45) is 11.8 Å². The van der Waals surface area contributed by atoms with Gasteiger partial charge in [0.05, 0.1) is 0 Å². The Kier molecular flexibility index (Phi) is 6.50. The molecule has 0 aliphatic heterocycles. The van der Waals surface area contributed by atoms with E-state index < -0.39 is 0 Å². The maximum absolute atomic E-state index is 3.57. The molecule has 0 aromatic carbocycles. The number of nitrogens with zero attached hydrogens (tertiary/aromatic N) is 1. The van der Waals surface area contributed by atoms with Crippen LogP contribution in [0.1, 0.15) is 53.9 Å². The van der Waals surface area contributed by atoms with Crippen LogP contribution in [0.3, 0.4) is 0 Å². The van der Waals surface area contributed by atoms with E-state index in [0.29, 0.717) is 12.1 Å². The molecule has 1 aliphatic rings. The molecule has 0 aromatic heterocycles. The zero-order valence-corrected chi connectivity index (χ0v) is 12.5. The van der Waals surface area contributed by atoms with Crippen LogP contribution in [0.25, 0.3) is 0 Å². The summed E-state index contributed by atoms with van der Waals surface area (Å²) in [5.74, 6) is 1.75. The fourth-order valence-electron chi connectivity index (χ4n) is 2.33. The molecule has 0 saturated heterocycles. The van der Waals surface area contributed by atoms with Gasteiger partial charge in [-0.2, -0.15) is 0 Å². The molecule has 0 amide bonds. The summed E-state index contributed by atoms with van der Waals surface area (Å²) in [6.07, 6.45) is 4.21.